The second-order valence-electron chi connectivity index (χ2n) is 5.40. The number of nitrogens with zero attached hydrogens (tertiary/aromatic N) is 1. The van der Waals surface area contributed by atoms with Crippen LogP contribution in [0.15, 0.2) is 54.6 Å². The molecule has 1 N–H and O–H groups in total. The minimum absolute atomic E-state index is 0.160. The number of benzene rings is 2. The summed E-state index contributed by atoms with van der Waals surface area (Å²) in [5.74, 6) is -1.05. The van der Waals surface area contributed by atoms with Crippen molar-refractivity contribution >= 4 is 23.9 Å². The number of carboxylic acid groups (broad SMARTS) is 1. The lowest BCUT2D eigenvalue weighted by atomic mass is 10.1. The molecule has 0 atom stereocenters. The standard InChI is InChI=1S/C19H15NO5/c21-17(22)10-7-13-5-8-14(9-6-13)25-12-11-20-18(23)15-3-1-2-4-16(15)19(20)24/h1-10H,11-12H2,(H,21,22)/b10-7+. The van der Waals surface area contributed by atoms with Crippen LogP contribution in [0.4, 0.5) is 0 Å². The van der Waals surface area contributed by atoms with Crippen LogP contribution in [0.1, 0.15) is 26.3 Å². The van der Waals surface area contributed by atoms with Gasteiger partial charge >= 0.3 is 5.97 Å². The third kappa shape index (κ3) is 3.58. The molecular weight excluding hydrogens is 322 g/mol. The van der Waals surface area contributed by atoms with Crippen molar-refractivity contribution in [1.29, 1.82) is 0 Å². The molecule has 0 saturated heterocycles. The minimum atomic E-state index is -1.01. The molecular formula is C19H15NO5. The number of amides is 2. The summed E-state index contributed by atoms with van der Waals surface area (Å²) in [5.41, 5.74) is 1.57. The summed E-state index contributed by atoms with van der Waals surface area (Å²) in [4.78, 5) is 36.1. The zero-order chi connectivity index (χ0) is 17.8. The first-order valence-corrected chi connectivity index (χ1v) is 7.65. The van der Waals surface area contributed by atoms with Gasteiger partial charge in [-0.15, -0.1) is 0 Å². The van der Waals surface area contributed by atoms with Crippen molar-refractivity contribution in [2.24, 2.45) is 0 Å². The van der Waals surface area contributed by atoms with Gasteiger partial charge in [0.05, 0.1) is 17.7 Å². The second kappa shape index (κ2) is 7.00. The van der Waals surface area contributed by atoms with E-state index in [0.29, 0.717) is 16.9 Å². The van der Waals surface area contributed by atoms with Gasteiger partial charge in [0.1, 0.15) is 12.4 Å². The molecule has 0 spiro atoms. The van der Waals surface area contributed by atoms with Crippen LogP contribution in [0.3, 0.4) is 0 Å². The topological polar surface area (TPSA) is 83.9 Å². The highest BCUT2D eigenvalue weighted by atomic mass is 16.5. The number of carboxylic acids is 1. The number of rotatable bonds is 6. The fourth-order valence-corrected chi connectivity index (χ4v) is 2.54. The van der Waals surface area contributed by atoms with E-state index in [1.54, 1.807) is 48.5 Å². The van der Waals surface area contributed by atoms with E-state index in [1.807, 2.05) is 0 Å². The van der Waals surface area contributed by atoms with Crippen LogP contribution >= 0.6 is 0 Å². The summed E-state index contributed by atoms with van der Waals surface area (Å²) < 4.78 is 5.56. The molecule has 0 radical (unpaired) electrons. The summed E-state index contributed by atoms with van der Waals surface area (Å²) in [6, 6.07) is 13.6. The van der Waals surface area contributed by atoms with Crippen LogP contribution < -0.4 is 4.74 Å². The number of ether oxygens (including phenoxy) is 1. The average Bonchev–Trinajstić information content (AvgIpc) is 2.86. The van der Waals surface area contributed by atoms with Crippen molar-refractivity contribution in [1.82, 2.24) is 4.90 Å². The normalized spacial score (nSPS) is 13.4. The number of carbonyl (C=O) groups excluding carboxylic acids is 2. The fraction of sp³-hybridized carbons (Fsp3) is 0.105. The molecule has 126 valence electrons. The molecule has 0 bridgehead atoms. The van der Waals surface area contributed by atoms with Crippen LogP contribution in [-0.2, 0) is 4.79 Å². The van der Waals surface area contributed by atoms with Gasteiger partial charge in [-0.1, -0.05) is 24.3 Å². The van der Waals surface area contributed by atoms with Gasteiger partial charge in [-0.2, -0.15) is 0 Å². The van der Waals surface area contributed by atoms with Crippen LogP contribution in [0.25, 0.3) is 6.08 Å². The Morgan fingerprint density at radius 2 is 1.60 bits per heavy atom. The predicted molar refractivity (Wildman–Crippen MR) is 90.4 cm³/mol. The Morgan fingerprint density at radius 3 is 2.16 bits per heavy atom. The number of imide groups is 1. The third-order valence-corrected chi connectivity index (χ3v) is 3.76. The van der Waals surface area contributed by atoms with Gasteiger partial charge in [0, 0.05) is 6.08 Å². The molecule has 0 fully saturated rings. The molecule has 2 aromatic rings. The van der Waals surface area contributed by atoms with E-state index in [9.17, 15) is 14.4 Å². The number of hydrogen-bond acceptors (Lipinski definition) is 4. The van der Waals surface area contributed by atoms with E-state index >= 15 is 0 Å². The van der Waals surface area contributed by atoms with Crippen LogP contribution in [-0.4, -0.2) is 40.9 Å². The molecule has 0 aliphatic carbocycles. The van der Waals surface area contributed by atoms with E-state index in [2.05, 4.69) is 0 Å². The van der Waals surface area contributed by atoms with Crippen molar-refractivity contribution in [3.05, 3.63) is 71.3 Å². The van der Waals surface area contributed by atoms with Crippen LogP contribution in [0.5, 0.6) is 5.75 Å². The van der Waals surface area contributed by atoms with Crippen LogP contribution in [0, 0.1) is 0 Å². The highest BCUT2D eigenvalue weighted by Crippen LogP contribution is 2.22. The monoisotopic (exact) mass is 337 g/mol. The number of fused-ring (bicyclic) bond motifs is 1. The Hall–Kier alpha value is -3.41. The highest BCUT2D eigenvalue weighted by Gasteiger charge is 2.34. The summed E-state index contributed by atoms with van der Waals surface area (Å²) in [6.45, 7) is 0.336. The lowest BCUT2D eigenvalue weighted by Gasteiger charge is -2.14. The number of hydrogen-bond donors (Lipinski definition) is 1. The van der Waals surface area contributed by atoms with E-state index in [0.717, 1.165) is 11.6 Å². The Balaban J connectivity index is 1.56. The molecule has 25 heavy (non-hydrogen) atoms. The molecule has 6 nitrogen and oxygen atoms in total. The summed E-state index contributed by atoms with van der Waals surface area (Å²) in [7, 11) is 0. The van der Waals surface area contributed by atoms with Crippen molar-refractivity contribution < 1.29 is 24.2 Å². The summed E-state index contributed by atoms with van der Waals surface area (Å²) in [5, 5.41) is 8.59. The van der Waals surface area contributed by atoms with Crippen LogP contribution in [0.2, 0.25) is 0 Å². The van der Waals surface area contributed by atoms with Gasteiger partial charge in [-0.05, 0) is 35.9 Å². The predicted octanol–water partition coefficient (Wildman–Crippen LogP) is 2.46. The van der Waals surface area contributed by atoms with Gasteiger partial charge in [-0.25, -0.2) is 4.79 Å². The SMILES string of the molecule is O=C(O)/C=C/c1ccc(OCCN2C(=O)c3ccccc3C2=O)cc1. The fourth-order valence-electron chi connectivity index (χ4n) is 2.54. The number of carbonyl (C=O) groups is 3. The van der Waals surface area contributed by atoms with E-state index in [-0.39, 0.29) is 25.0 Å². The zero-order valence-corrected chi connectivity index (χ0v) is 13.2. The molecule has 2 aromatic carbocycles. The van der Waals surface area contributed by atoms with Crippen molar-refractivity contribution in [3.63, 3.8) is 0 Å². The Bertz CT molecular complexity index is 819. The average molecular weight is 337 g/mol. The first-order chi connectivity index (χ1) is 12.1. The maximum absolute atomic E-state index is 12.2. The third-order valence-electron chi connectivity index (χ3n) is 3.76. The largest absolute Gasteiger partial charge is 0.492 e. The quantitative estimate of drug-likeness (QED) is 0.646. The van der Waals surface area contributed by atoms with Crippen molar-refractivity contribution in [2.45, 2.75) is 0 Å². The first-order valence-electron chi connectivity index (χ1n) is 7.65. The van der Waals surface area contributed by atoms with E-state index < -0.39 is 5.97 Å². The second-order valence-corrected chi connectivity index (χ2v) is 5.40. The zero-order valence-electron chi connectivity index (χ0n) is 13.2. The first kappa shape index (κ1) is 16.4. The molecule has 0 aromatic heterocycles. The van der Waals surface area contributed by atoms with Gasteiger partial charge in [0.15, 0.2) is 0 Å². The Morgan fingerprint density at radius 1 is 1.00 bits per heavy atom. The molecule has 1 aliphatic rings. The molecule has 6 heteroatoms. The lowest BCUT2D eigenvalue weighted by molar-refractivity contribution is -0.131. The van der Waals surface area contributed by atoms with E-state index in [4.69, 9.17) is 9.84 Å². The molecule has 1 aliphatic heterocycles. The van der Waals surface area contributed by atoms with E-state index in [1.165, 1.54) is 11.0 Å². The molecule has 0 unspecified atom stereocenters. The van der Waals surface area contributed by atoms with Gasteiger partial charge in [0.2, 0.25) is 0 Å². The minimum Gasteiger partial charge on any atom is -0.492 e. The van der Waals surface area contributed by atoms with Crippen molar-refractivity contribution in [2.75, 3.05) is 13.2 Å². The smallest absolute Gasteiger partial charge is 0.328 e. The van der Waals surface area contributed by atoms with Crippen molar-refractivity contribution in [3.8, 4) is 5.75 Å². The lowest BCUT2D eigenvalue weighted by Crippen LogP contribution is -2.33. The Labute approximate surface area is 143 Å². The summed E-state index contributed by atoms with van der Waals surface area (Å²) in [6.07, 6.45) is 2.53. The maximum atomic E-state index is 12.2. The molecule has 3 rings (SSSR count). The Kier molecular flexibility index (Phi) is 4.61. The number of aliphatic carboxylic acids is 1. The maximum Gasteiger partial charge on any atom is 0.328 e. The molecule has 2 amide bonds. The summed E-state index contributed by atoms with van der Waals surface area (Å²) >= 11 is 0. The van der Waals surface area contributed by atoms with Gasteiger partial charge in [-0.3, -0.25) is 14.5 Å². The highest BCUT2D eigenvalue weighted by molar-refractivity contribution is 6.21. The van der Waals surface area contributed by atoms with Gasteiger partial charge in [0.25, 0.3) is 11.8 Å². The molecule has 0 saturated carbocycles. The van der Waals surface area contributed by atoms with Gasteiger partial charge < -0.3 is 9.84 Å². The molecule has 1 heterocycles.